The molecule has 0 aliphatic heterocycles. The summed E-state index contributed by atoms with van der Waals surface area (Å²) in [6, 6.07) is 0. The Labute approximate surface area is 64.2 Å². The molecule has 6 heavy (non-hydrogen) atoms. The normalized spacial score (nSPS) is 7.33. The van der Waals surface area contributed by atoms with E-state index < -0.39 is 0 Å². The van der Waals surface area contributed by atoms with E-state index in [1.54, 1.807) is 12.2 Å². The van der Waals surface area contributed by atoms with Crippen LogP contribution in [0.15, 0.2) is 18.2 Å². The SMILES string of the molecule is [CH-]=C/C=C\[CH2-].[Y]. The van der Waals surface area contributed by atoms with Gasteiger partial charge in [0.15, 0.2) is 0 Å². The largest absolute Gasteiger partial charge is 0.293 e. The standard InChI is InChI=1S/C5H6.Y/c1-3-5-4-2;/h1,3-5H,2H2;/q-2;/b5-4-;. The van der Waals surface area contributed by atoms with Gasteiger partial charge in [-0.3, -0.25) is 6.58 Å². The third-order valence-corrected chi connectivity index (χ3v) is 0.247. The zero-order chi connectivity index (χ0) is 4.12. The Morgan fingerprint density at radius 3 is 2.00 bits per heavy atom. The Bertz CT molecular complexity index is 45.9. The van der Waals surface area contributed by atoms with E-state index in [1.165, 1.54) is 6.08 Å². The molecule has 31 valence electrons. The molecule has 0 aromatic carbocycles. The van der Waals surface area contributed by atoms with Gasteiger partial charge < -0.3 is 0 Å². The summed E-state index contributed by atoms with van der Waals surface area (Å²) in [7, 11) is 0. The van der Waals surface area contributed by atoms with Crippen molar-refractivity contribution in [2.75, 3.05) is 0 Å². The molecule has 0 amide bonds. The molecule has 0 saturated carbocycles. The minimum Gasteiger partial charge on any atom is -0.293 e. The van der Waals surface area contributed by atoms with Crippen LogP contribution in [0, 0.1) is 13.5 Å². The molecular formula is C5H6Y-2. The van der Waals surface area contributed by atoms with Gasteiger partial charge in [0.1, 0.15) is 0 Å². The molecule has 0 aromatic heterocycles. The maximum atomic E-state index is 4.89. The molecule has 0 spiro atoms. The van der Waals surface area contributed by atoms with Crippen molar-refractivity contribution in [3.63, 3.8) is 0 Å². The quantitative estimate of drug-likeness (QED) is 0.396. The fourth-order valence-electron chi connectivity index (χ4n) is 0.0786. The maximum Gasteiger partial charge on any atom is 0 e. The Morgan fingerprint density at radius 1 is 1.50 bits per heavy atom. The van der Waals surface area contributed by atoms with E-state index in [2.05, 4.69) is 6.92 Å². The van der Waals surface area contributed by atoms with E-state index in [9.17, 15) is 0 Å². The molecule has 0 heterocycles. The molecule has 0 aliphatic carbocycles. The van der Waals surface area contributed by atoms with E-state index in [1.807, 2.05) is 0 Å². The fourth-order valence-corrected chi connectivity index (χ4v) is 0.0786. The fraction of sp³-hybridized carbons (Fsp3) is 0. The maximum absolute atomic E-state index is 4.89. The van der Waals surface area contributed by atoms with Crippen molar-refractivity contribution in [2.45, 2.75) is 0 Å². The molecule has 0 nitrogen and oxygen atoms in total. The van der Waals surface area contributed by atoms with Crippen molar-refractivity contribution in [1.82, 2.24) is 0 Å². The molecular weight excluding hydrogens is 149 g/mol. The van der Waals surface area contributed by atoms with Crippen LogP contribution in [-0.2, 0) is 32.7 Å². The summed E-state index contributed by atoms with van der Waals surface area (Å²) in [5.74, 6) is 0. The zero-order valence-corrected chi connectivity index (χ0v) is 6.43. The number of hydrogen-bond donors (Lipinski definition) is 0. The van der Waals surface area contributed by atoms with Crippen molar-refractivity contribution in [1.29, 1.82) is 0 Å². The first-order valence-electron chi connectivity index (χ1n) is 1.41. The summed E-state index contributed by atoms with van der Waals surface area (Å²) in [6.07, 6.45) is 4.73. The Balaban J connectivity index is 0. The van der Waals surface area contributed by atoms with Crippen LogP contribution in [0.4, 0.5) is 0 Å². The van der Waals surface area contributed by atoms with Crippen molar-refractivity contribution < 1.29 is 32.7 Å². The molecule has 0 fully saturated rings. The van der Waals surface area contributed by atoms with Crippen molar-refractivity contribution in [3.8, 4) is 0 Å². The van der Waals surface area contributed by atoms with E-state index in [4.69, 9.17) is 6.58 Å². The summed E-state index contributed by atoms with van der Waals surface area (Å²) < 4.78 is 0. The van der Waals surface area contributed by atoms with E-state index >= 15 is 0 Å². The molecule has 0 atom stereocenters. The summed E-state index contributed by atoms with van der Waals surface area (Å²) in [4.78, 5) is 0. The second-order valence-corrected chi connectivity index (χ2v) is 0.621. The van der Waals surface area contributed by atoms with Gasteiger partial charge in [0.05, 0.1) is 0 Å². The van der Waals surface area contributed by atoms with Crippen molar-refractivity contribution in [3.05, 3.63) is 31.7 Å². The number of rotatable bonds is 1. The minimum absolute atomic E-state index is 0. The monoisotopic (exact) mass is 155 g/mol. The van der Waals surface area contributed by atoms with E-state index in [0.717, 1.165) is 0 Å². The van der Waals surface area contributed by atoms with Gasteiger partial charge in [-0.2, -0.15) is 0 Å². The van der Waals surface area contributed by atoms with Crippen LogP contribution in [0.5, 0.6) is 0 Å². The summed E-state index contributed by atoms with van der Waals surface area (Å²) in [6.45, 7) is 8.27. The van der Waals surface area contributed by atoms with Gasteiger partial charge >= 0.3 is 0 Å². The van der Waals surface area contributed by atoms with E-state index in [0.29, 0.717) is 0 Å². The predicted molar refractivity (Wildman–Crippen MR) is 23.4 cm³/mol. The van der Waals surface area contributed by atoms with Gasteiger partial charge in [0, 0.05) is 32.7 Å². The second-order valence-electron chi connectivity index (χ2n) is 0.621. The summed E-state index contributed by atoms with van der Waals surface area (Å²) in [5, 5.41) is 0. The number of hydrogen-bond acceptors (Lipinski definition) is 0. The predicted octanol–water partition coefficient (Wildman–Crippen LogP) is 1.36. The van der Waals surface area contributed by atoms with Crippen molar-refractivity contribution in [2.24, 2.45) is 0 Å². The van der Waals surface area contributed by atoms with Gasteiger partial charge in [-0.25, -0.2) is 25.2 Å². The van der Waals surface area contributed by atoms with Crippen LogP contribution in [0.2, 0.25) is 0 Å². The van der Waals surface area contributed by atoms with Crippen LogP contribution in [0.25, 0.3) is 0 Å². The molecule has 0 rings (SSSR count). The van der Waals surface area contributed by atoms with Gasteiger partial charge in [-0.15, -0.1) is 0 Å². The molecule has 0 saturated heterocycles. The van der Waals surface area contributed by atoms with Crippen molar-refractivity contribution >= 4 is 0 Å². The van der Waals surface area contributed by atoms with Crippen LogP contribution in [-0.4, -0.2) is 0 Å². The smallest absolute Gasteiger partial charge is 0 e. The Hall–Kier alpha value is 0.454. The molecule has 0 aliphatic rings. The number of allylic oxidation sites excluding steroid dienone is 3. The van der Waals surface area contributed by atoms with Gasteiger partial charge in [0.25, 0.3) is 0 Å². The molecule has 0 N–H and O–H groups in total. The molecule has 1 radical (unpaired) electrons. The molecule has 1 heteroatoms. The van der Waals surface area contributed by atoms with Crippen LogP contribution in [0.3, 0.4) is 0 Å². The van der Waals surface area contributed by atoms with Crippen LogP contribution >= 0.6 is 0 Å². The summed E-state index contributed by atoms with van der Waals surface area (Å²) >= 11 is 0. The van der Waals surface area contributed by atoms with Gasteiger partial charge in [-0.1, -0.05) is 0 Å². The van der Waals surface area contributed by atoms with Crippen LogP contribution < -0.4 is 0 Å². The zero-order valence-electron chi connectivity index (χ0n) is 3.59. The Morgan fingerprint density at radius 2 is 2.00 bits per heavy atom. The third-order valence-electron chi connectivity index (χ3n) is 0.247. The summed E-state index contributed by atoms with van der Waals surface area (Å²) in [5.41, 5.74) is 0. The molecule has 0 bridgehead atoms. The second kappa shape index (κ2) is 9.07. The Kier molecular flexibility index (Phi) is 14.6. The first kappa shape index (κ1) is 9.68. The first-order chi connectivity index (χ1) is 2.41. The average molecular weight is 155 g/mol. The van der Waals surface area contributed by atoms with Gasteiger partial charge in [-0.05, 0) is 0 Å². The molecule has 0 unspecified atom stereocenters. The minimum atomic E-state index is 0. The third kappa shape index (κ3) is 8.82. The van der Waals surface area contributed by atoms with E-state index in [-0.39, 0.29) is 32.7 Å². The van der Waals surface area contributed by atoms with Crippen LogP contribution in [0.1, 0.15) is 0 Å². The molecule has 0 aromatic rings. The van der Waals surface area contributed by atoms with Gasteiger partial charge in [0.2, 0.25) is 0 Å². The topological polar surface area (TPSA) is 0 Å². The first-order valence-corrected chi connectivity index (χ1v) is 1.41. The average Bonchev–Trinajstić information content (AvgIpc) is 1.41.